The molecule has 0 unspecified atom stereocenters. The van der Waals surface area contributed by atoms with Gasteiger partial charge in [0.05, 0.1) is 29.7 Å². The number of rotatable bonds is 3. The van der Waals surface area contributed by atoms with E-state index in [1.807, 2.05) is 12.1 Å². The zero-order valence-electron chi connectivity index (χ0n) is 13.1. The van der Waals surface area contributed by atoms with E-state index in [0.717, 1.165) is 23.7 Å². The summed E-state index contributed by atoms with van der Waals surface area (Å²) in [5.41, 5.74) is 2.01. The quantitative estimate of drug-likeness (QED) is 0.845. The molecule has 1 aromatic carbocycles. The molecule has 24 heavy (non-hydrogen) atoms. The Morgan fingerprint density at radius 1 is 1.33 bits per heavy atom. The molecule has 1 N–H and O–H groups in total. The van der Waals surface area contributed by atoms with Crippen LogP contribution in [-0.2, 0) is 4.74 Å². The highest BCUT2D eigenvalue weighted by Gasteiger charge is 2.27. The van der Waals surface area contributed by atoms with Crippen LogP contribution in [0.15, 0.2) is 24.3 Å². The van der Waals surface area contributed by atoms with Crippen LogP contribution in [-0.4, -0.2) is 39.3 Å². The topological polar surface area (TPSA) is 45.9 Å². The van der Waals surface area contributed by atoms with E-state index in [4.69, 9.17) is 22.9 Å². The molecule has 1 fully saturated rings. The molecule has 0 spiro atoms. The first-order valence-electron chi connectivity index (χ1n) is 7.50. The molecule has 1 aromatic heterocycles. The third-order valence-corrected chi connectivity index (χ3v) is 5.33. The Morgan fingerprint density at radius 3 is 2.58 bits per heavy atom. The average Bonchev–Trinajstić information content (AvgIpc) is 3.02. The van der Waals surface area contributed by atoms with Gasteiger partial charge >= 0.3 is 0 Å². The highest BCUT2D eigenvalue weighted by molar-refractivity contribution is 7.19. The van der Waals surface area contributed by atoms with E-state index in [0.29, 0.717) is 34.4 Å². The second-order valence-corrected chi connectivity index (χ2v) is 6.69. The number of amides is 1. The summed E-state index contributed by atoms with van der Waals surface area (Å²) in [6.45, 7) is 10.4. The molecule has 1 amide bonds. The predicted molar refractivity (Wildman–Crippen MR) is 97.4 cm³/mol. The van der Waals surface area contributed by atoms with Gasteiger partial charge in [-0.2, -0.15) is 0 Å². The van der Waals surface area contributed by atoms with Crippen molar-refractivity contribution in [1.82, 2.24) is 5.32 Å². The molecule has 124 valence electrons. The number of carbonyl (C=O) groups excluding carboxylic acids is 1. The lowest BCUT2D eigenvalue weighted by Gasteiger charge is -2.28. The van der Waals surface area contributed by atoms with Crippen LogP contribution >= 0.6 is 22.9 Å². The minimum Gasteiger partial charge on any atom is -0.378 e. The Kier molecular flexibility index (Phi) is 5.05. The van der Waals surface area contributed by atoms with E-state index in [1.165, 1.54) is 11.3 Å². The van der Waals surface area contributed by atoms with Gasteiger partial charge in [0, 0.05) is 30.7 Å². The monoisotopic (exact) mass is 361 g/mol. The highest BCUT2D eigenvalue weighted by atomic mass is 35.5. The molecule has 3 rings (SSSR count). The Bertz CT molecular complexity index is 789. The van der Waals surface area contributed by atoms with Gasteiger partial charge in [-0.3, -0.25) is 4.79 Å². The summed E-state index contributed by atoms with van der Waals surface area (Å²) in [4.78, 5) is 18.8. The van der Waals surface area contributed by atoms with Crippen LogP contribution in [0.3, 0.4) is 0 Å². The number of halogens is 1. The van der Waals surface area contributed by atoms with E-state index in [-0.39, 0.29) is 5.91 Å². The van der Waals surface area contributed by atoms with Crippen LogP contribution in [0.5, 0.6) is 0 Å². The molecule has 0 radical (unpaired) electrons. The number of carbonyl (C=O) groups is 1. The number of anilines is 1. The number of morpholine rings is 1. The predicted octanol–water partition coefficient (Wildman–Crippen LogP) is 3.82. The van der Waals surface area contributed by atoms with Crippen molar-refractivity contribution in [3.05, 3.63) is 45.6 Å². The van der Waals surface area contributed by atoms with Gasteiger partial charge in [-0.15, -0.1) is 11.3 Å². The zero-order valence-corrected chi connectivity index (χ0v) is 14.7. The van der Waals surface area contributed by atoms with E-state index >= 15 is 0 Å². The van der Waals surface area contributed by atoms with Gasteiger partial charge in [0.2, 0.25) is 5.69 Å². The van der Waals surface area contributed by atoms with E-state index in [9.17, 15) is 4.79 Å². The molecule has 0 bridgehead atoms. The first kappa shape index (κ1) is 16.8. The van der Waals surface area contributed by atoms with Crippen LogP contribution in [0.4, 0.5) is 10.7 Å². The normalized spacial score (nSPS) is 14.3. The Balaban J connectivity index is 2.17. The van der Waals surface area contributed by atoms with E-state index in [2.05, 4.69) is 15.1 Å². The number of hydrogen-bond acceptors (Lipinski definition) is 4. The second kappa shape index (κ2) is 7.22. The zero-order chi connectivity index (χ0) is 17.1. The van der Waals surface area contributed by atoms with Crippen molar-refractivity contribution in [2.45, 2.75) is 0 Å². The van der Waals surface area contributed by atoms with Gasteiger partial charge in [0.1, 0.15) is 0 Å². The SMILES string of the molecule is [C-]#[N+]c1c(N2CCOCC2)sc(C(=O)NC)c1-c1ccc(Cl)cc1. The third kappa shape index (κ3) is 3.11. The molecular weight excluding hydrogens is 346 g/mol. The number of nitrogens with zero attached hydrogens (tertiary/aromatic N) is 2. The smallest absolute Gasteiger partial charge is 0.260 e. The van der Waals surface area contributed by atoms with Gasteiger partial charge in [0.15, 0.2) is 0 Å². The highest BCUT2D eigenvalue weighted by Crippen LogP contribution is 2.48. The molecule has 1 saturated heterocycles. The largest absolute Gasteiger partial charge is 0.378 e. The number of ether oxygens (including phenoxy) is 1. The molecule has 2 aromatic rings. The Labute approximate surface area is 149 Å². The fourth-order valence-electron chi connectivity index (χ4n) is 2.65. The van der Waals surface area contributed by atoms with Gasteiger partial charge in [-0.1, -0.05) is 23.7 Å². The molecule has 1 aliphatic rings. The fraction of sp³-hybridized carbons (Fsp3) is 0.294. The molecule has 1 aliphatic heterocycles. The van der Waals surface area contributed by atoms with Gasteiger partial charge in [-0.05, 0) is 17.7 Å². The summed E-state index contributed by atoms with van der Waals surface area (Å²) in [7, 11) is 1.60. The van der Waals surface area contributed by atoms with Crippen molar-refractivity contribution in [3.8, 4) is 11.1 Å². The summed E-state index contributed by atoms with van der Waals surface area (Å²) in [6.07, 6.45) is 0. The van der Waals surface area contributed by atoms with Crippen molar-refractivity contribution in [2.24, 2.45) is 0 Å². The lowest BCUT2D eigenvalue weighted by Crippen LogP contribution is -2.35. The number of hydrogen-bond donors (Lipinski definition) is 1. The Morgan fingerprint density at radius 2 is 2.00 bits per heavy atom. The third-order valence-electron chi connectivity index (χ3n) is 3.84. The summed E-state index contributed by atoms with van der Waals surface area (Å²) in [5, 5.41) is 4.12. The summed E-state index contributed by atoms with van der Waals surface area (Å²) >= 11 is 7.33. The van der Waals surface area contributed by atoms with Crippen molar-refractivity contribution in [1.29, 1.82) is 0 Å². The maximum absolute atomic E-state index is 12.4. The minimum atomic E-state index is -0.186. The number of benzene rings is 1. The second-order valence-electron chi connectivity index (χ2n) is 5.26. The van der Waals surface area contributed by atoms with Crippen molar-refractivity contribution < 1.29 is 9.53 Å². The molecule has 0 atom stereocenters. The van der Waals surface area contributed by atoms with Crippen LogP contribution in [0.2, 0.25) is 5.02 Å². The molecule has 5 nitrogen and oxygen atoms in total. The van der Waals surface area contributed by atoms with Crippen molar-refractivity contribution in [3.63, 3.8) is 0 Å². The molecule has 0 saturated carbocycles. The first-order valence-corrected chi connectivity index (χ1v) is 8.70. The maximum atomic E-state index is 12.4. The number of nitrogens with one attached hydrogen (secondary N) is 1. The standard InChI is InChI=1S/C17H16ClN3O2S/c1-19-14-13(11-3-5-12(18)6-4-11)15(16(22)20-2)24-17(14)21-7-9-23-10-8-21/h3-6H,7-10H2,2H3,(H,20,22). The summed E-state index contributed by atoms with van der Waals surface area (Å²) < 4.78 is 5.39. The molecular formula is C17H16ClN3O2S. The lowest BCUT2D eigenvalue weighted by atomic mass is 10.0. The minimum absolute atomic E-state index is 0.186. The van der Waals surface area contributed by atoms with E-state index in [1.54, 1.807) is 19.2 Å². The van der Waals surface area contributed by atoms with Crippen LogP contribution < -0.4 is 10.2 Å². The number of thiophene rings is 1. The van der Waals surface area contributed by atoms with E-state index < -0.39 is 0 Å². The summed E-state index contributed by atoms with van der Waals surface area (Å²) in [5.74, 6) is -0.186. The molecule has 7 heteroatoms. The molecule has 2 heterocycles. The van der Waals surface area contributed by atoms with Gasteiger partial charge in [0.25, 0.3) is 5.91 Å². The average molecular weight is 362 g/mol. The Hall–Kier alpha value is -2.07. The van der Waals surface area contributed by atoms with Crippen LogP contribution in [0.25, 0.3) is 16.0 Å². The maximum Gasteiger partial charge on any atom is 0.260 e. The molecule has 0 aliphatic carbocycles. The van der Waals surface area contributed by atoms with Crippen LogP contribution in [0.1, 0.15) is 9.67 Å². The van der Waals surface area contributed by atoms with Crippen molar-refractivity contribution in [2.75, 3.05) is 38.3 Å². The van der Waals surface area contributed by atoms with Gasteiger partial charge in [-0.25, -0.2) is 4.85 Å². The first-order chi connectivity index (χ1) is 11.7. The fourth-order valence-corrected chi connectivity index (χ4v) is 4.04. The van der Waals surface area contributed by atoms with Gasteiger partial charge < -0.3 is 15.0 Å². The lowest BCUT2D eigenvalue weighted by molar-refractivity contribution is 0.0967. The van der Waals surface area contributed by atoms with Crippen molar-refractivity contribution >= 4 is 39.5 Å². The van der Waals surface area contributed by atoms with Crippen LogP contribution in [0, 0.1) is 6.57 Å². The summed E-state index contributed by atoms with van der Waals surface area (Å²) in [6, 6.07) is 7.22.